The van der Waals surface area contributed by atoms with Gasteiger partial charge in [0.05, 0.1) is 22.6 Å². The van der Waals surface area contributed by atoms with Crippen LogP contribution in [-0.4, -0.2) is 32.8 Å². The standard InChI is InChI=1S/C19H22N4S/c1-14-18(24-13-20-14)12-23-10-8-16-17(9-11-23)21-22(2)19(16)15-6-4-3-5-7-15/h3-7,13H,8-12H2,1-2H3. The molecule has 24 heavy (non-hydrogen) atoms. The van der Waals surface area contributed by atoms with Gasteiger partial charge in [-0.1, -0.05) is 30.3 Å². The summed E-state index contributed by atoms with van der Waals surface area (Å²) in [7, 11) is 2.06. The maximum absolute atomic E-state index is 4.82. The van der Waals surface area contributed by atoms with E-state index in [1.807, 2.05) is 5.51 Å². The maximum Gasteiger partial charge on any atom is 0.0798 e. The summed E-state index contributed by atoms with van der Waals surface area (Å²) in [6.45, 7) is 5.26. The molecular formula is C19H22N4S. The third kappa shape index (κ3) is 2.89. The average Bonchev–Trinajstić information content (AvgIpc) is 3.07. The summed E-state index contributed by atoms with van der Waals surface area (Å²) < 4.78 is 2.06. The first kappa shape index (κ1) is 15.5. The Morgan fingerprint density at radius 3 is 2.67 bits per heavy atom. The summed E-state index contributed by atoms with van der Waals surface area (Å²) >= 11 is 1.77. The van der Waals surface area contributed by atoms with Crippen LogP contribution in [0.3, 0.4) is 0 Å². The SMILES string of the molecule is Cc1ncsc1CN1CCc2nn(C)c(-c3ccccc3)c2CC1. The van der Waals surface area contributed by atoms with Crippen LogP contribution in [0.1, 0.15) is 21.8 Å². The number of aryl methyl sites for hydroxylation is 2. The van der Waals surface area contributed by atoms with Gasteiger partial charge in [0.1, 0.15) is 0 Å². The van der Waals surface area contributed by atoms with E-state index in [4.69, 9.17) is 5.10 Å². The van der Waals surface area contributed by atoms with Gasteiger partial charge in [-0.05, 0) is 13.3 Å². The second-order valence-corrected chi connectivity index (χ2v) is 7.34. The number of benzene rings is 1. The van der Waals surface area contributed by atoms with Crippen LogP contribution in [0.15, 0.2) is 35.8 Å². The van der Waals surface area contributed by atoms with E-state index in [2.05, 4.69) is 58.9 Å². The fourth-order valence-electron chi connectivity index (χ4n) is 3.53. The lowest BCUT2D eigenvalue weighted by atomic mass is 10.0. The highest BCUT2D eigenvalue weighted by Crippen LogP contribution is 2.29. The van der Waals surface area contributed by atoms with Crippen molar-refractivity contribution in [1.29, 1.82) is 0 Å². The van der Waals surface area contributed by atoms with E-state index in [1.54, 1.807) is 11.3 Å². The minimum atomic E-state index is 1.01. The maximum atomic E-state index is 4.82. The first-order valence-electron chi connectivity index (χ1n) is 8.44. The van der Waals surface area contributed by atoms with Gasteiger partial charge in [0, 0.05) is 49.1 Å². The van der Waals surface area contributed by atoms with E-state index < -0.39 is 0 Å². The molecule has 0 saturated heterocycles. The van der Waals surface area contributed by atoms with Crippen LogP contribution in [0.2, 0.25) is 0 Å². The Hall–Kier alpha value is -1.98. The van der Waals surface area contributed by atoms with E-state index in [9.17, 15) is 0 Å². The molecule has 124 valence electrons. The lowest BCUT2D eigenvalue weighted by molar-refractivity contribution is 0.280. The monoisotopic (exact) mass is 338 g/mol. The Kier molecular flexibility index (Phi) is 4.21. The van der Waals surface area contributed by atoms with E-state index in [0.29, 0.717) is 0 Å². The van der Waals surface area contributed by atoms with Crippen molar-refractivity contribution < 1.29 is 0 Å². The molecule has 1 aromatic carbocycles. The second kappa shape index (κ2) is 6.49. The fourth-order valence-corrected chi connectivity index (χ4v) is 4.35. The highest BCUT2D eigenvalue weighted by Gasteiger charge is 2.22. The molecule has 1 aliphatic heterocycles. The first-order chi connectivity index (χ1) is 11.7. The molecule has 0 atom stereocenters. The van der Waals surface area contributed by atoms with Crippen LogP contribution in [0.5, 0.6) is 0 Å². The summed E-state index contributed by atoms with van der Waals surface area (Å²) in [5, 5.41) is 4.82. The van der Waals surface area contributed by atoms with E-state index >= 15 is 0 Å². The largest absolute Gasteiger partial charge is 0.297 e. The molecule has 3 aromatic rings. The van der Waals surface area contributed by atoms with Crippen molar-refractivity contribution in [3.63, 3.8) is 0 Å². The van der Waals surface area contributed by atoms with Gasteiger partial charge < -0.3 is 0 Å². The van der Waals surface area contributed by atoms with Crippen molar-refractivity contribution in [2.75, 3.05) is 13.1 Å². The Morgan fingerprint density at radius 2 is 1.92 bits per heavy atom. The quantitative estimate of drug-likeness (QED) is 0.733. The zero-order valence-corrected chi connectivity index (χ0v) is 15.0. The number of nitrogens with zero attached hydrogens (tertiary/aromatic N) is 4. The van der Waals surface area contributed by atoms with E-state index in [1.165, 1.54) is 33.1 Å². The molecule has 0 amide bonds. The Bertz CT molecular complexity index is 834. The van der Waals surface area contributed by atoms with Gasteiger partial charge in [0.2, 0.25) is 0 Å². The highest BCUT2D eigenvalue weighted by atomic mass is 32.1. The Labute approximate surface area is 146 Å². The molecule has 0 radical (unpaired) electrons. The number of thiazole rings is 1. The normalized spacial score (nSPS) is 15.2. The van der Waals surface area contributed by atoms with Crippen molar-refractivity contribution >= 4 is 11.3 Å². The summed E-state index contributed by atoms with van der Waals surface area (Å²) in [4.78, 5) is 8.30. The van der Waals surface area contributed by atoms with Gasteiger partial charge >= 0.3 is 0 Å². The lowest BCUT2D eigenvalue weighted by Crippen LogP contribution is -2.26. The summed E-state index contributed by atoms with van der Waals surface area (Å²) in [5.41, 5.74) is 8.35. The molecule has 0 aliphatic carbocycles. The third-order valence-electron chi connectivity index (χ3n) is 4.83. The van der Waals surface area contributed by atoms with Crippen LogP contribution in [0.4, 0.5) is 0 Å². The highest BCUT2D eigenvalue weighted by molar-refractivity contribution is 7.09. The predicted octanol–water partition coefficient (Wildman–Crippen LogP) is 3.45. The number of hydrogen-bond acceptors (Lipinski definition) is 4. The minimum absolute atomic E-state index is 1.01. The molecule has 4 nitrogen and oxygen atoms in total. The van der Waals surface area contributed by atoms with Gasteiger partial charge in [-0.2, -0.15) is 5.10 Å². The molecule has 5 heteroatoms. The molecular weight excluding hydrogens is 316 g/mol. The van der Waals surface area contributed by atoms with Gasteiger partial charge in [-0.25, -0.2) is 4.98 Å². The molecule has 2 aromatic heterocycles. The number of aromatic nitrogens is 3. The van der Waals surface area contributed by atoms with Crippen molar-refractivity contribution in [1.82, 2.24) is 19.7 Å². The zero-order valence-electron chi connectivity index (χ0n) is 14.2. The molecule has 0 N–H and O–H groups in total. The number of hydrogen-bond donors (Lipinski definition) is 0. The topological polar surface area (TPSA) is 34.0 Å². The Balaban J connectivity index is 1.58. The number of rotatable bonds is 3. The molecule has 0 bridgehead atoms. The minimum Gasteiger partial charge on any atom is -0.297 e. The molecule has 4 rings (SSSR count). The lowest BCUT2D eigenvalue weighted by Gasteiger charge is -2.19. The van der Waals surface area contributed by atoms with Gasteiger partial charge in [0.25, 0.3) is 0 Å². The number of fused-ring (bicyclic) bond motifs is 1. The fraction of sp³-hybridized carbons (Fsp3) is 0.368. The van der Waals surface area contributed by atoms with Crippen molar-refractivity contribution in [2.45, 2.75) is 26.3 Å². The van der Waals surface area contributed by atoms with Gasteiger partial charge in [0.15, 0.2) is 0 Å². The first-order valence-corrected chi connectivity index (χ1v) is 9.32. The smallest absolute Gasteiger partial charge is 0.0798 e. The molecule has 0 unspecified atom stereocenters. The van der Waals surface area contributed by atoms with Crippen LogP contribution < -0.4 is 0 Å². The average molecular weight is 338 g/mol. The van der Waals surface area contributed by atoms with Gasteiger partial charge in [-0.3, -0.25) is 9.58 Å². The molecule has 0 spiro atoms. The molecule has 3 heterocycles. The molecule has 0 fully saturated rings. The van der Waals surface area contributed by atoms with Crippen LogP contribution in [0.25, 0.3) is 11.3 Å². The summed E-state index contributed by atoms with van der Waals surface area (Å²) in [6, 6.07) is 10.6. The summed E-state index contributed by atoms with van der Waals surface area (Å²) in [6.07, 6.45) is 2.08. The van der Waals surface area contributed by atoms with Crippen molar-refractivity contribution in [2.24, 2.45) is 7.05 Å². The third-order valence-corrected chi connectivity index (χ3v) is 5.75. The van der Waals surface area contributed by atoms with Crippen LogP contribution in [-0.2, 0) is 26.4 Å². The van der Waals surface area contributed by atoms with Crippen molar-refractivity contribution in [3.8, 4) is 11.3 Å². The Morgan fingerprint density at radius 1 is 1.12 bits per heavy atom. The van der Waals surface area contributed by atoms with E-state index in [-0.39, 0.29) is 0 Å². The van der Waals surface area contributed by atoms with Crippen molar-refractivity contribution in [3.05, 3.63) is 57.7 Å². The predicted molar refractivity (Wildman–Crippen MR) is 98.2 cm³/mol. The van der Waals surface area contributed by atoms with Crippen LogP contribution in [0, 0.1) is 6.92 Å². The van der Waals surface area contributed by atoms with E-state index in [0.717, 1.165) is 32.5 Å². The molecule has 1 aliphatic rings. The van der Waals surface area contributed by atoms with Crippen LogP contribution >= 0.6 is 11.3 Å². The summed E-state index contributed by atoms with van der Waals surface area (Å²) in [5.74, 6) is 0. The van der Waals surface area contributed by atoms with Gasteiger partial charge in [-0.15, -0.1) is 11.3 Å². The zero-order chi connectivity index (χ0) is 16.5. The second-order valence-electron chi connectivity index (χ2n) is 6.40. The molecule has 0 saturated carbocycles.